The fraction of sp³-hybridized carbons (Fsp3) is 0.429. The largest absolute Gasteiger partial charge is 0.481 e. The van der Waals surface area contributed by atoms with E-state index in [1.807, 2.05) is 32.0 Å². The van der Waals surface area contributed by atoms with Gasteiger partial charge in [0.1, 0.15) is 0 Å². The summed E-state index contributed by atoms with van der Waals surface area (Å²) in [6.45, 7) is 4.72. The minimum Gasteiger partial charge on any atom is -0.481 e. The molecule has 0 aliphatic carbocycles. The molecule has 5 nitrogen and oxygen atoms in total. The zero-order valence-corrected chi connectivity index (χ0v) is 11.1. The van der Waals surface area contributed by atoms with E-state index in [0.29, 0.717) is 6.54 Å². The predicted octanol–water partition coefficient (Wildman–Crippen LogP) is 1.57. The third kappa shape index (κ3) is 5.09. The van der Waals surface area contributed by atoms with Gasteiger partial charge in [-0.3, -0.25) is 9.59 Å². The van der Waals surface area contributed by atoms with Crippen molar-refractivity contribution in [2.75, 3.05) is 6.54 Å². The summed E-state index contributed by atoms with van der Waals surface area (Å²) in [6.07, 6.45) is -0.366. The van der Waals surface area contributed by atoms with E-state index >= 15 is 0 Å². The van der Waals surface area contributed by atoms with Crippen LogP contribution in [-0.4, -0.2) is 28.7 Å². The van der Waals surface area contributed by atoms with Gasteiger partial charge >= 0.3 is 11.9 Å². The lowest BCUT2D eigenvalue weighted by Crippen LogP contribution is -2.30. The Labute approximate surface area is 112 Å². The summed E-state index contributed by atoms with van der Waals surface area (Å²) in [5.41, 5.74) is 3.44. The Morgan fingerprint density at radius 3 is 2.42 bits per heavy atom. The van der Waals surface area contributed by atoms with E-state index in [1.54, 1.807) is 0 Å². The number of rotatable bonds is 7. The lowest BCUT2D eigenvalue weighted by Gasteiger charge is -2.12. The van der Waals surface area contributed by atoms with Crippen LogP contribution >= 0.6 is 0 Å². The second kappa shape index (κ2) is 6.89. The minimum atomic E-state index is -1.10. The van der Waals surface area contributed by atoms with Gasteiger partial charge in [0.2, 0.25) is 0 Å². The van der Waals surface area contributed by atoms with Crippen LogP contribution in [0.3, 0.4) is 0 Å². The van der Waals surface area contributed by atoms with Crippen LogP contribution in [0.4, 0.5) is 0 Å². The molecule has 0 radical (unpaired) electrons. The van der Waals surface area contributed by atoms with Crippen molar-refractivity contribution in [3.05, 3.63) is 34.9 Å². The number of carboxylic acids is 2. The third-order valence-electron chi connectivity index (χ3n) is 3.06. The molecule has 3 N–H and O–H groups in total. The van der Waals surface area contributed by atoms with Crippen molar-refractivity contribution in [3.63, 3.8) is 0 Å². The van der Waals surface area contributed by atoms with Crippen LogP contribution in [0.15, 0.2) is 18.2 Å². The summed E-state index contributed by atoms with van der Waals surface area (Å²) in [5, 5.41) is 20.5. The number of hydrogen-bond donors (Lipinski definition) is 3. The Hall–Kier alpha value is -1.88. The summed E-state index contributed by atoms with van der Waals surface area (Å²) in [4.78, 5) is 21.4. The lowest BCUT2D eigenvalue weighted by molar-refractivity contribution is -0.148. The molecule has 0 spiro atoms. The van der Waals surface area contributed by atoms with Gasteiger partial charge < -0.3 is 15.5 Å². The predicted molar refractivity (Wildman–Crippen MR) is 71.0 cm³/mol. The minimum absolute atomic E-state index is 0.147. The number of benzene rings is 1. The fourth-order valence-electron chi connectivity index (χ4n) is 1.76. The first-order chi connectivity index (χ1) is 8.90. The van der Waals surface area contributed by atoms with Crippen LogP contribution in [0.25, 0.3) is 0 Å². The first kappa shape index (κ1) is 15.2. The van der Waals surface area contributed by atoms with Gasteiger partial charge in [-0.15, -0.1) is 0 Å². The van der Waals surface area contributed by atoms with E-state index in [1.165, 1.54) is 11.1 Å². The zero-order chi connectivity index (χ0) is 14.4. The maximum Gasteiger partial charge on any atom is 0.308 e. The normalized spacial score (nSPS) is 12.1. The molecular formula is C14H19NO4. The van der Waals surface area contributed by atoms with E-state index < -0.39 is 17.9 Å². The summed E-state index contributed by atoms with van der Waals surface area (Å²) in [5.74, 6) is -3.08. The Morgan fingerprint density at radius 2 is 1.89 bits per heavy atom. The molecule has 1 aromatic carbocycles. The van der Waals surface area contributed by atoms with Crippen LogP contribution in [-0.2, 0) is 16.1 Å². The van der Waals surface area contributed by atoms with Crippen molar-refractivity contribution in [3.8, 4) is 0 Å². The summed E-state index contributed by atoms with van der Waals surface area (Å²) < 4.78 is 0. The Kier molecular flexibility index (Phi) is 5.51. The molecule has 104 valence electrons. The maximum absolute atomic E-state index is 10.9. The second-order valence-electron chi connectivity index (χ2n) is 4.68. The van der Waals surface area contributed by atoms with Crippen LogP contribution in [0.2, 0.25) is 0 Å². The SMILES string of the molecule is Cc1ccc(CNCC(CC(=O)O)C(=O)O)cc1C. The van der Waals surface area contributed by atoms with Crippen molar-refractivity contribution in [2.24, 2.45) is 5.92 Å². The molecule has 0 bridgehead atoms. The molecule has 1 aromatic rings. The molecule has 0 amide bonds. The summed E-state index contributed by atoms with van der Waals surface area (Å²) in [7, 11) is 0. The molecule has 1 atom stereocenters. The van der Waals surface area contributed by atoms with E-state index in [-0.39, 0.29) is 13.0 Å². The topological polar surface area (TPSA) is 86.6 Å². The zero-order valence-electron chi connectivity index (χ0n) is 11.1. The quantitative estimate of drug-likeness (QED) is 0.696. The lowest BCUT2D eigenvalue weighted by atomic mass is 10.0. The molecule has 1 rings (SSSR count). The molecule has 0 heterocycles. The van der Waals surface area contributed by atoms with Gasteiger partial charge in [-0.25, -0.2) is 0 Å². The Balaban J connectivity index is 2.49. The third-order valence-corrected chi connectivity index (χ3v) is 3.06. The van der Waals surface area contributed by atoms with Crippen LogP contribution in [0, 0.1) is 19.8 Å². The molecule has 1 unspecified atom stereocenters. The van der Waals surface area contributed by atoms with Gasteiger partial charge in [0.15, 0.2) is 0 Å². The highest BCUT2D eigenvalue weighted by atomic mass is 16.4. The molecule has 19 heavy (non-hydrogen) atoms. The maximum atomic E-state index is 10.9. The second-order valence-corrected chi connectivity index (χ2v) is 4.68. The van der Waals surface area contributed by atoms with Crippen molar-refractivity contribution in [1.29, 1.82) is 0 Å². The average Bonchev–Trinajstić information content (AvgIpc) is 2.31. The number of hydrogen-bond acceptors (Lipinski definition) is 3. The van der Waals surface area contributed by atoms with E-state index in [4.69, 9.17) is 10.2 Å². The van der Waals surface area contributed by atoms with E-state index in [2.05, 4.69) is 5.32 Å². The number of aliphatic carboxylic acids is 2. The average molecular weight is 265 g/mol. The van der Waals surface area contributed by atoms with Gasteiger partial charge in [-0.05, 0) is 30.5 Å². The molecule has 0 saturated heterocycles. The summed E-state index contributed by atoms with van der Waals surface area (Å²) >= 11 is 0. The van der Waals surface area contributed by atoms with Gasteiger partial charge in [0, 0.05) is 13.1 Å². The molecule has 0 aromatic heterocycles. The number of aryl methyl sites for hydroxylation is 2. The molecular weight excluding hydrogens is 246 g/mol. The summed E-state index contributed by atoms with van der Waals surface area (Å²) in [6, 6.07) is 6.02. The molecule has 0 fully saturated rings. The molecule has 0 saturated carbocycles. The molecule has 5 heteroatoms. The first-order valence-electron chi connectivity index (χ1n) is 6.11. The van der Waals surface area contributed by atoms with Crippen molar-refractivity contribution in [1.82, 2.24) is 5.32 Å². The van der Waals surface area contributed by atoms with Gasteiger partial charge in [0.05, 0.1) is 12.3 Å². The number of nitrogens with one attached hydrogen (secondary N) is 1. The molecule has 0 aliphatic rings. The van der Waals surface area contributed by atoms with Crippen molar-refractivity contribution in [2.45, 2.75) is 26.8 Å². The Morgan fingerprint density at radius 1 is 1.21 bits per heavy atom. The van der Waals surface area contributed by atoms with Gasteiger partial charge in [0.25, 0.3) is 0 Å². The van der Waals surface area contributed by atoms with Crippen molar-refractivity contribution >= 4 is 11.9 Å². The smallest absolute Gasteiger partial charge is 0.308 e. The monoisotopic (exact) mass is 265 g/mol. The fourth-order valence-corrected chi connectivity index (χ4v) is 1.76. The first-order valence-corrected chi connectivity index (χ1v) is 6.11. The highest BCUT2D eigenvalue weighted by molar-refractivity contribution is 5.77. The molecule has 0 aliphatic heterocycles. The van der Waals surface area contributed by atoms with Crippen LogP contribution in [0.5, 0.6) is 0 Å². The Bertz CT molecular complexity index is 471. The number of carboxylic acid groups (broad SMARTS) is 2. The highest BCUT2D eigenvalue weighted by Crippen LogP contribution is 2.10. The van der Waals surface area contributed by atoms with Crippen molar-refractivity contribution < 1.29 is 19.8 Å². The highest BCUT2D eigenvalue weighted by Gasteiger charge is 2.20. The van der Waals surface area contributed by atoms with E-state index in [9.17, 15) is 9.59 Å². The van der Waals surface area contributed by atoms with Crippen LogP contribution in [0.1, 0.15) is 23.1 Å². The van der Waals surface area contributed by atoms with Gasteiger partial charge in [-0.2, -0.15) is 0 Å². The standard InChI is InChI=1S/C14H19NO4/c1-9-3-4-11(5-10(9)2)7-15-8-12(14(18)19)6-13(16)17/h3-5,12,15H,6-8H2,1-2H3,(H,16,17)(H,18,19). The number of carbonyl (C=O) groups is 2. The van der Waals surface area contributed by atoms with Crippen LogP contribution < -0.4 is 5.32 Å². The van der Waals surface area contributed by atoms with Gasteiger partial charge in [-0.1, -0.05) is 18.2 Å². The van der Waals surface area contributed by atoms with E-state index in [0.717, 1.165) is 5.56 Å².